The summed E-state index contributed by atoms with van der Waals surface area (Å²) in [5.74, 6) is -0.850. The molecular weight excluding hydrogens is 263 g/mol. The van der Waals surface area contributed by atoms with Crippen molar-refractivity contribution in [2.75, 3.05) is 6.61 Å². The molecule has 0 saturated heterocycles. The van der Waals surface area contributed by atoms with Gasteiger partial charge in [-0.25, -0.2) is 13.9 Å². The molecule has 2 rings (SSSR count). The van der Waals surface area contributed by atoms with Crippen LogP contribution < -0.4 is 5.73 Å². The molecule has 20 heavy (non-hydrogen) atoms. The number of rotatable bonds is 5. The highest BCUT2D eigenvalue weighted by molar-refractivity contribution is 5.88. The monoisotopic (exact) mass is 278 g/mol. The van der Waals surface area contributed by atoms with Crippen LogP contribution in [0.25, 0.3) is 0 Å². The van der Waals surface area contributed by atoms with Gasteiger partial charge in [-0.15, -0.1) is 5.10 Å². The SMILES string of the molecule is CCOC(=O)c1nnn(Cc2ccc(F)cc2)c1CN. The molecule has 0 amide bonds. The normalized spacial score (nSPS) is 10.6. The van der Waals surface area contributed by atoms with Crippen LogP contribution in [0.5, 0.6) is 0 Å². The van der Waals surface area contributed by atoms with Crippen LogP contribution >= 0.6 is 0 Å². The van der Waals surface area contributed by atoms with Crippen molar-refractivity contribution in [3.8, 4) is 0 Å². The second-order valence-electron chi connectivity index (χ2n) is 4.09. The van der Waals surface area contributed by atoms with Gasteiger partial charge >= 0.3 is 5.97 Å². The van der Waals surface area contributed by atoms with E-state index in [0.29, 0.717) is 12.2 Å². The first-order valence-electron chi connectivity index (χ1n) is 6.19. The number of carbonyl (C=O) groups excluding carboxylic acids is 1. The van der Waals surface area contributed by atoms with Gasteiger partial charge in [0.15, 0.2) is 5.69 Å². The average Bonchev–Trinajstić information content (AvgIpc) is 2.84. The van der Waals surface area contributed by atoms with Gasteiger partial charge in [-0.1, -0.05) is 17.3 Å². The third kappa shape index (κ3) is 3.00. The molecule has 2 N–H and O–H groups in total. The largest absolute Gasteiger partial charge is 0.461 e. The molecule has 106 valence electrons. The summed E-state index contributed by atoms with van der Waals surface area (Å²) in [4.78, 5) is 11.7. The summed E-state index contributed by atoms with van der Waals surface area (Å²) in [5.41, 5.74) is 7.09. The fraction of sp³-hybridized carbons (Fsp3) is 0.308. The van der Waals surface area contributed by atoms with Crippen LogP contribution in [0.3, 0.4) is 0 Å². The van der Waals surface area contributed by atoms with Crippen molar-refractivity contribution in [1.29, 1.82) is 0 Å². The lowest BCUT2D eigenvalue weighted by molar-refractivity contribution is 0.0518. The van der Waals surface area contributed by atoms with Gasteiger partial charge in [0.05, 0.1) is 18.8 Å². The predicted octanol–water partition coefficient (Wildman–Crippen LogP) is 1.10. The molecule has 0 spiro atoms. The van der Waals surface area contributed by atoms with E-state index in [1.807, 2.05) is 0 Å². The lowest BCUT2D eigenvalue weighted by atomic mass is 10.2. The molecule has 0 aliphatic carbocycles. The summed E-state index contributed by atoms with van der Waals surface area (Å²) in [6.07, 6.45) is 0. The second-order valence-corrected chi connectivity index (χ2v) is 4.09. The van der Waals surface area contributed by atoms with Crippen LogP contribution in [0.15, 0.2) is 24.3 Å². The Hall–Kier alpha value is -2.28. The van der Waals surface area contributed by atoms with E-state index in [2.05, 4.69) is 10.3 Å². The van der Waals surface area contributed by atoms with Gasteiger partial charge in [-0.05, 0) is 24.6 Å². The highest BCUT2D eigenvalue weighted by atomic mass is 19.1. The van der Waals surface area contributed by atoms with Crippen molar-refractivity contribution < 1.29 is 13.9 Å². The minimum absolute atomic E-state index is 0.113. The van der Waals surface area contributed by atoms with Crippen molar-refractivity contribution in [2.45, 2.75) is 20.0 Å². The van der Waals surface area contributed by atoms with Crippen molar-refractivity contribution in [2.24, 2.45) is 5.73 Å². The first-order chi connectivity index (χ1) is 9.65. The average molecular weight is 278 g/mol. The first-order valence-corrected chi connectivity index (χ1v) is 6.19. The number of nitrogens with zero attached hydrogens (tertiary/aromatic N) is 3. The van der Waals surface area contributed by atoms with E-state index < -0.39 is 5.97 Å². The molecule has 0 fully saturated rings. The van der Waals surface area contributed by atoms with E-state index >= 15 is 0 Å². The number of hydrogen-bond donors (Lipinski definition) is 1. The van der Waals surface area contributed by atoms with E-state index in [1.165, 1.54) is 16.8 Å². The minimum Gasteiger partial charge on any atom is -0.461 e. The smallest absolute Gasteiger partial charge is 0.360 e. The van der Waals surface area contributed by atoms with Gasteiger partial charge in [0.2, 0.25) is 0 Å². The molecular formula is C13H15FN4O2. The molecule has 0 aliphatic heterocycles. The Kier molecular flexibility index (Phi) is 4.41. The van der Waals surface area contributed by atoms with Gasteiger partial charge in [0, 0.05) is 6.54 Å². The van der Waals surface area contributed by atoms with Crippen LogP contribution in [0, 0.1) is 5.82 Å². The molecule has 2 aromatic rings. The fourth-order valence-corrected chi connectivity index (χ4v) is 1.78. The number of hydrogen-bond acceptors (Lipinski definition) is 5. The van der Waals surface area contributed by atoms with Crippen molar-refractivity contribution in [3.63, 3.8) is 0 Å². The van der Waals surface area contributed by atoms with Gasteiger partial charge in [-0.3, -0.25) is 0 Å². The second kappa shape index (κ2) is 6.25. The number of halogens is 1. The van der Waals surface area contributed by atoms with Gasteiger partial charge < -0.3 is 10.5 Å². The molecule has 0 radical (unpaired) electrons. The number of carbonyl (C=O) groups is 1. The zero-order valence-electron chi connectivity index (χ0n) is 11.0. The van der Waals surface area contributed by atoms with E-state index in [9.17, 15) is 9.18 Å². The summed E-state index contributed by atoms with van der Waals surface area (Å²) < 4.78 is 19.3. The number of ether oxygens (including phenoxy) is 1. The molecule has 6 nitrogen and oxygen atoms in total. The Balaban J connectivity index is 2.24. The summed E-state index contributed by atoms with van der Waals surface area (Å²) in [6, 6.07) is 6.00. The summed E-state index contributed by atoms with van der Waals surface area (Å²) in [6.45, 7) is 2.44. The molecule has 0 saturated carbocycles. The molecule has 0 atom stereocenters. The zero-order valence-corrected chi connectivity index (χ0v) is 11.0. The molecule has 1 heterocycles. The Labute approximate surface area is 115 Å². The number of nitrogens with two attached hydrogens (primary N) is 1. The summed E-state index contributed by atoms with van der Waals surface area (Å²) >= 11 is 0. The van der Waals surface area contributed by atoms with Gasteiger partial charge in [0.1, 0.15) is 5.82 Å². The van der Waals surface area contributed by atoms with E-state index in [4.69, 9.17) is 10.5 Å². The maximum absolute atomic E-state index is 12.8. The van der Waals surface area contributed by atoms with Gasteiger partial charge in [-0.2, -0.15) is 0 Å². The predicted molar refractivity (Wildman–Crippen MR) is 69.4 cm³/mol. The number of benzene rings is 1. The highest BCUT2D eigenvalue weighted by Crippen LogP contribution is 2.10. The molecule has 1 aromatic carbocycles. The number of aromatic nitrogens is 3. The zero-order chi connectivity index (χ0) is 14.5. The van der Waals surface area contributed by atoms with E-state index in [0.717, 1.165) is 5.56 Å². The molecule has 1 aromatic heterocycles. The minimum atomic E-state index is -0.543. The van der Waals surface area contributed by atoms with Crippen LogP contribution in [-0.4, -0.2) is 27.6 Å². The topological polar surface area (TPSA) is 83.0 Å². The van der Waals surface area contributed by atoms with Crippen LogP contribution in [0.2, 0.25) is 0 Å². The molecule has 7 heteroatoms. The Morgan fingerprint density at radius 2 is 2.10 bits per heavy atom. The van der Waals surface area contributed by atoms with Crippen molar-refractivity contribution >= 4 is 5.97 Å². The quantitative estimate of drug-likeness (QED) is 0.828. The Morgan fingerprint density at radius 1 is 1.40 bits per heavy atom. The highest BCUT2D eigenvalue weighted by Gasteiger charge is 2.19. The molecule has 0 aliphatic rings. The fourth-order valence-electron chi connectivity index (χ4n) is 1.78. The summed E-state index contributed by atoms with van der Waals surface area (Å²) in [7, 11) is 0. The number of esters is 1. The molecule has 0 bridgehead atoms. The van der Waals surface area contributed by atoms with Crippen molar-refractivity contribution in [1.82, 2.24) is 15.0 Å². The Morgan fingerprint density at radius 3 is 2.70 bits per heavy atom. The third-order valence-corrected chi connectivity index (χ3v) is 2.75. The Bertz CT molecular complexity index is 595. The lowest BCUT2D eigenvalue weighted by Gasteiger charge is -2.06. The van der Waals surface area contributed by atoms with Gasteiger partial charge in [0.25, 0.3) is 0 Å². The standard InChI is InChI=1S/C13H15FN4O2/c1-2-20-13(19)12-11(7-15)18(17-16-12)8-9-3-5-10(14)6-4-9/h3-6H,2,7-8,15H2,1H3. The summed E-state index contributed by atoms with van der Waals surface area (Å²) in [5, 5.41) is 7.70. The molecule has 0 unspecified atom stereocenters. The van der Waals surface area contributed by atoms with Crippen LogP contribution in [-0.2, 0) is 17.8 Å². The van der Waals surface area contributed by atoms with Crippen molar-refractivity contribution in [3.05, 3.63) is 47.0 Å². The van der Waals surface area contributed by atoms with Crippen LogP contribution in [0.1, 0.15) is 28.7 Å². The third-order valence-electron chi connectivity index (χ3n) is 2.75. The van der Waals surface area contributed by atoms with Crippen LogP contribution in [0.4, 0.5) is 4.39 Å². The maximum atomic E-state index is 12.8. The maximum Gasteiger partial charge on any atom is 0.360 e. The van der Waals surface area contributed by atoms with E-state index in [-0.39, 0.29) is 24.7 Å². The lowest BCUT2D eigenvalue weighted by Crippen LogP contribution is -2.14. The van der Waals surface area contributed by atoms with E-state index in [1.54, 1.807) is 19.1 Å². The first kappa shape index (κ1) is 14.1.